The van der Waals surface area contributed by atoms with Crippen LogP contribution in [-0.4, -0.2) is 35.8 Å². The Balaban J connectivity index is 1.78. The van der Waals surface area contributed by atoms with Crippen LogP contribution in [-0.2, 0) is 9.59 Å². The van der Waals surface area contributed by atoms with Crippen molar-refractivity contribution in [2.75, 3.05) is 18.0 Å². The summed E-state index contributed by atoms with van der Waals surface area (Å²) in [5, 5.41) is 0. The Morgan fingerprint density at radius 1 is 1.30 bits per heavy atom. The normalized spacial score (nSPS) is 23.1. The number of hydrogen-bond donors (Lipinski definition) is 0. The SMILES string of the molecule is CC1C(=O)N(c2cccc(F)c2)CCN1C(=O)C1CC1. The summed E-state index contributed by atoms with van der Waals surface area (Å²) < 4.78 is 13.3. The van der Waals surface area contributed by atoms with Crippen molar-refractivity contribution in [3.8, 4) is 0 Å². The lowest BCUT2D eigenvalue weighted by molar-refractivity contribution is -0.141. The quantitative estimate of drug-likeness (QED) is 0.826. The molecule has 3 rings (SSSR count). The lowest BCUT2D eigenvalue weighted by atomic mass is 10.1. The predicted octanol–water partition coefficient (Wildman–Crippen LogP) is 1.80. The first-order chi connectivity index (χ1) is 9.58. The van der Waals surface area contributed by atoms with Crippen molar-refractivity contribution in [3.05, 3.63) is 30.1 Å². The predicted molar refractivity (Wildman–Crippen MR) is 72.7 cm³/mol. The molecule has 1 aromatic rings. The van der Waals surface area contributed by atoms with E-state index in [1.54, 1.807) is 28.9 Å². The van der Waals surface area contributed by atoms with Crippen molar-refractivity contribution < 1.29 is 14.0 Å². The van der Waals surface area contributed by atoms with Crippen molar-refractivity contribution in [1.29, 1.82) is 0 Å². The van der Waals surface area contributed by atoms with Crippen LogP contribution in [0.4, 0.5) is 10.1 Å². The molecular weight excluding hydrogens is 259 g/mol. The molecule has 0 aromatic heterocycles. The van der Waals surface area contributed by atoms with Gasteiger partial charge in [0.1, 0.15) is 11.9 Å². The van der Waals surface area contributed by atoms with Crippen LogP contribution in [0, 0.1) is 11.7 Å². The van der Waals surface area contributed by atoms with Gasteiger partial charge in [-0.05, 0) is 38.0 Å². The first-order valence-electron chi connectivity index (χ1n) is 6.95. The summed E-state index contributed by atoms with van der Waals surface area (Å²) in [4.78, 5) is 27.7. The highest BCUT2D eigenvalue weighted by molar-refractivity contribution is 6.00. The summed E-state index contributed by atoms with van der Waals surface area (Å²) in [5.74, 6) is -0.300. The van der Waals surface area contributed by atoms with E-state index in [1.807, 2.05) is 0 Å². The molecular formula is C15H17FN2O2. The molecule has 1 unspecified atom stereocenters. The molecule has 1 aromatic carbocycles. The Kier molecular flexibility index (Phi) is 3.20. The summed E-state index contributed by atoms with van der Waals surface area (Å²) >= 11 is 0. The molecule has 1 aliphatic heterocycles. The number of halogens is 1. The maximum Gasteiger partial charge on any atom is 0.249 e. The largest absolute Gasteiger partial charge is 0.329 e. The van der Waals surface area contributed by atoms with Gasteiger partial charge in [0.25, 0.3) is 0 Å². The second-order valence-electron chi connectivity index (χ2n) is 5.45. The van der Waals surface area contributed by atoms with Crippen molar-refractivity contribution in [1.82, 2.24) is 4.90 Å². The van der Waals surface area contributed by atoms with Gasteiger partial charge in [-0.25, -0.2) is 4.39 Å². The molecule has 2 fully saturated rings. The van der Waals surface area contributed by atoms with Crippen LogP contribution < -0.4 is 4.90 Å². The average Bonchev–Trinajstić information content (AvgIpc) is 3.25. The fourth-order valence-corrected chi connectivity index (χ4v) is 2.64. The second kappa shape index (κ2) is 4.89. The van der Waals surface area contributed by atoms with Gasteiger partial charge in [-0.1, -0.05) is 6.07 Å². The first-order valence-corrected chi connectivity index (χ1v) is 6.95. The van der Waals surface area contributed by atoms with E-state index < -0.39 is 6.04 Å². The summed E-state index contributed by atoms with van der Waals surface area (Å²) in [5.41, 5.74) is 0.556. The van der Waals surface area contributed by atoms with E-state index in [-0.39, 0.29) is 23.5 Å². The first kappa shape index (κ1) is 13.1. The van der Waals surface area contributed by atoms with Crippen molar-refractivity contribution >= 4 is 17.5 Å². The monoisotopic (exact) mass is 276 g/mol. The van der Waals surface area contributed by atoms with Crippen molar-refractivity contribution in [3.63, 3.8) is 0 Å². The van der Waals surface area contributed by atoms with E-state index in [1.165, 1.54) is 12.1 Å². The van der Waals surface area contributed by atoms with E-state index in [9.17, 15) is 14.0 Å². The highest BCUT2D eigenvalue weighted by Crippen LogP contribution is 2.32. The number of anilines is 1. The number of nitrogens with zero attached hydrogens (tertiary/aromatic N) is 2. The summed E-state index contributed by atoms with van der Waals surface area (Å²) in [7, 11) is 0. The minimum absolute atomic E-state index is 0.0877. The summed E-state index contributed by atoms with van der Waals surface area (Å²) in [6.07, 6.45) is 1.87. The molecule has 106 valence electrons. The van der Waals surface area contributed by atoms with Crippen LogP contribution in [0.25, 0.3) is 0 Å². The molecule has 5 heteroatoms. The number of carbonyl (C=O) groups excluding carboxylic acids is 2. The molecule has 1 saturated heterocycles. The van der Waals surface area contributed by atoms with Crippen molar-refractivity contribution in [2.45, 2.75) is 25.8 Å². The third-order valence-electron chi connectivity index (χ3n) is 3.98. The molecule has 2 aliphatic rings. The van der Waals surface area contributed by atoms with Crippen LogP contribution in [0.15, 0.2) is 24.3 Å². The lowest BCUT2D eigenvalue weighted by Crippen LogP contribution is -2.58. The topological polar surface area (TPSA) is 40.6 Å². The summed E-state index contributed by atoms with van der Waals surface area (Å²) in [6, 6.07) is 5.53. The van der Waals surface area contributed by atoms with Gasteiger partial charge in [-0.3, -0.25) is 9.59 Å². The lowest BCUT2D eigenvalue weighted by Gasteiger charge is -2.39. The van der Waals surface area contributed by atoms with E-state index in [2.05, 4.69) is 0 Å². The van der Waals surface area contributed by atoms with Gasteiger partial charge in [-0.2, -0.15) is 0 Å². The number of rotatable bonds is 2. The number of benzene rings is 1. The molecule has 1 atom stereocenters. The van der Waals surface area contributed by atoms with Gasteiger partial charge >= 0.3 is 0 Å². The Hall–Kier alpha value is -1.91. The summed E-state index contributed by atoms with van der Waals surface area (Å²) in [6.45, 7) is 2.68. The van der Waals surface area contributed by atoms with Gasteiger partial charge in [-0.15, -0.1) is 0 Å². The second-order valence-corrected chi connectivity index (χ2v) is 5.45. The number of carbonyl (C=O) groups is 2. The molecule has 1 saturated carbocycles. The Labute approximate surface area is 117 Å². The molecule has 1 heterocycles. The maximum absolute atomic E-state index is 13.3. The zero-order chi connectivity index (χ0) is 14.3. The maximum atomic E-state index is 13.3. The highest BCUT2D eigenvalue weighted by atomic mass is 19.1. The van der Waals surface area contributed by atoms with Crippen LogP contribution in [0.2, 0.25) is 0 Å². The van der Waals surface area contributed by atoms with Crippen LogP contribution in [0.3, 0.4) is 0 Å². The van der Waals surface area contributed by atoms with E-state index in [4.69, 9.17) is 0 Å². The fraction of sp³-hybridized carbons (Fsp3) is 0.467. The molecule has 4 nitrogen and oxygen atoms in total. The van der Waals surface area contributed by atoms with Gasteiger partial charge in [0.2, 0.25) is 11.8 Å². The molecule has 0 spiro atoms. The van der Waals surface area contributed by atoms with E-state index >= 15 is 0 Å². The smallest absolute Gasteiger partial charge is 0.249 e. The van der Waals surface area contributed by atoms with Crippen LogP contribution in [0.5, 0.6) is 0 Å². The van der Waals surface area contributed by atoms with Gasteiger partial charge in [0.15, 0.2) is 0 Å². The van der Waals surface area contributed by atoms with Crippen LogP contribution >= 0.6 is 0 Å². The number of piperazine rings is 1. The Morgan fingerprint density at radius 2 is 2.05 bits per heavy atom. The van der Waals surface area contributed by atoms with E-state index in [0.29, 0.717) is 18.8 Å². The standard InChI is InChI=1S/C15H17FN2O2/c1-10-14(19)18(13-4-2-3-12(16)9-13)8-7-17(10)15(20)11-5-6-11/h2-4,9-11H,5-8H2,1H3. The minimum Gasteiger partial charge on any atom is -0.329 e. The minimum atomic E-state index is -0.472. The molecule has 2 amide bonds. The Morgan fingerprint density at radius 3 is 2.70 bits per heavy atom. The fourth-order valence-electron chi connectivity index (χ4n) is 2.64. The zero-order valence-corrected chi connectivity index (χ0v) is 11.4. The third-order valence-corrected chi connectivity index (χ3v) is 3.98. The van der Waals surface area contributed by atoms with Gasteiger partial charge in [0.05, 0.1) is 0 Å². The molecule has 0 bridgehead atoms. The average molecular weight is 276 g/mol. The number of hydrogen-bond acceptors (Lipinski definition) is 2. The molecule has 0 radical (unpaired) electrons. The number of amides is 2. The zero-order valence-electron chi connectivity index (χ0n) is 11.4. The molecule has 1 aliphatic carbocycles. The van der Waals surface area contributed by atoms with Gasteiger partial charge in [0, 0.05) is 24.7 Å². The molecule has 20 heavy (non-hydrogen) atoms. The van der Waals surface area contributed by atoms with E-state index in [0.717, 1.165) is 12.8 Å². The van der Waals surface area contributed by atoms with Crippen molar-refractivity contribution in [2.24, 2.45) is 5.92 Å². The molecule has 0 N–H and O–H groups in total. The highest BCUT2D eigenvalue weighted by Gasteiger charge is 2.40. The van der Waals surface area contributed by atoms with Crippen LogP contribution in [0.1, 0.15) is 19.8 Å². The third kappa shape index (κ3) is 2.28. The van der Waals surface area contributed by atoms with Gasteiger partial charge < -0.3 is 9.80 Å². The Bertz CT molecular complexity index is 557.